The molecule has 0 saturated carbocycles. The second kappa shape index (κ2) is 11.5. The standard InChI is InChI=1S/C22H36O2/c1-3-5-6-7-8-9-10-19-11-16-22(24-18-19)20-12-14-21(15-13-20)23-17-4-2/h12-15,19,22H,3-11,16-18H2,1-2H3. The van der Waals surface area contributed by atoms with Crippen LogP contribution >= 0.6 is 0 Å². The van der Waals surface area contributed by atoms with Crippen LogP contribution in [0.15, 0.2) is 24.3 Å². The highest BCUT2D eigenvalue weighted by atomic mass is 16.5. The Kier molecular flexibility index (Phi) is 9.27. The van der Waals surface area contributed by atoms with E-state index in [9.17, 15) is 0 Å². The van der Waals surface area contributed by atoms with Crippen LogP contribution in [0.25, 0.3) is 0 Å². The highest BCUT2D eigenvalue weighted by Crippen LogP contribution is 2.33. The van der Waals surface area contributed by atoms with E-state index >= 15 is 0 Å². The number of hydrogen-bond acceptors (Lipinski definition) is 2. The first-order valence-corrected chi connectivity index (χ1v) is 10.2. The maximum Gasteiger partial charge on any atom is 0.119 e. The van der Waals surface area contributed by atoms with Crippen molar-refractivity contribution in [3.05, 3.63) is 29.8 Å². The minimum Gasteiger partial charge on any atom is -0.494 e. The molecule has 2 unspecified atom stereocenters. The van der Waals surface area contributed by atoms with Gasteiger partial charge >= 0.3 is 0 Å². The third-order valence-electron chi connectivity index (χ3n) is 5.06. The Bertz CT molecular complexity index is 418. The van der Waals surface area contributed by atoms with Gasteiger partial charge in [-0.3, -0.25) is 0 Å². The van der Waals surface area contributed by atoms with Gasteiger partial charge in [-0.25, -0.2) is 0 Å². The summed E-state index contributed by atoms with van der Waals surface area (Å²) < 4.78 is 11.8. The summed E-state index contributed by atoms with van der Waals surface area (Å²) in [6, 6.07) is 8.50. The van der Waals surface area contributed by atoms with Crippen LogP contribution in [-0.4, -0.2) is 13.2 Å². The SMILES string of the molecule is CCCCCCCCC1CCC(c2ccc(OCCC)cc2)OC1. The second-order valence-corrected chi connectivity index (χ2v) is 7.24. The van der Waals surface area contributed by atoms with E-state index in [0.717, 1.165) is 37.7 Å². The zero-order chi connectivity index (χ0) is 17.0. The predicted octanol–water partition coefficient (Wildman–Crippen LogP) is 6.69. The summed E-state index contributed by atoms with van der Waals surface area (Å²) >= 11 is 0. The summed E-state index contributed by atoms with van der Waals surface area (Å²) in [6.45, 7) is 6.14. The molecule has 2 nitrogen and oxygen atoms in total. The van der Waals surface area contributed by atoms with E-state index in [2.05, 4.69) is 38.1 Å². The predicted molar refractivity (Wildman–Crippen MR) is 102 cm³/mol. The lowest BCUT2D eigenvalue weighted by Gasteiger charge is -2.29. The molecule has 0 bridgehead atoms. The Morgan fingerprint density at radius 2 is 1.67 bits per heavy atom. The minimum absolute atomic E-state index is 0.283. The lowest BCUT2D eigenvalue weighted by Crippen LogP contribution is -2.20. The van der Waals surface area contributed by atoms with Crippen LogP contribution < -0.4 is 4.74 Å². The van der Waals surface area contributed by atoms with Gasteiger partial charge in [0.15, 0.2) is 0 Å². The van der Waals surface area contributed by atoms with E-state index in [1.165, 1.54) is 56.9 Å². The average Bonchev–Trinajstić information content (AvgIpc) is 2.64. The van der Waals surface area contributed by atoms with Crippen LogP contribution in [-0.2, 0) is 4.74 Å². The highest BCUT2D eigenvalue weighted by Gasteiger charge is 2.22. The summed E-state index contributed by atoms with van der Waals surface area (Å²) in [7, 11) is 0. The van der Waals surface area contributed by atoms with Gasteiger partial charge in [-0.2, -0.15) is 0 Å². The van der Waals surface area contributed by atoms with Crippen LogP contribution in [0.1, 0.15) is 89.7 Å². The van der Waals surface area contributed by atoms with Gasteiger partial charge in [0, 0.05) is 0 Å². The zero-order valence-corrected chi connectivity index (χ0v) is 15.8. The molecule has 1 aliphatic rings. The molecule has 0 aromatic heterocycles. The zero-order valence-electron chi connectivity index (χ0n) is 15.8. The second-order valence-electron chi connectivity index (χ2n) is 7.24. The van der Waals surface area contributed by atoms with Crippen molar-refractivity contribution in [3.63, 3.8) is 0 Å². The van der Waals surface area contributed by atoms with E-state index in [0.29, 0.717) is 0 Å². The van der Waals surface area contributed by atoms with E-state index in [4.69, 9.17) is 9.47 Å². The molecule has 0 amide bonds. The Balaban J connectivity index is 1.63. The van der Waals surface area contributed by atoms with E-state index < -0.39 is 0 Å². The highest BCUT2D eigenvalue weighted by molar-refractivity contribution is 5.28. The molecule has 1 aliphatic heterocycles. The topological polar surface area (TPSA) is 18.5 Å². The number of unbranched alkanes of at least 4 members (excludes halogenated alkanes) is 5. The molecule has 0 spiro atoms. The molecule has 0 radical (unpaired) electrons. The maximum absolute atomic E-state index is 6.15. The first kappa shape index (κ1) is 19.3. The van der Waals surface area contributed by atoms with Gasteiger partial charge in [0.25, 0.3) is 0 Å². The maximum atomic E-state index is 6.15. The summed E-state index contributed by atoms with van der Waals surface area (Å²) in [5.41, 5.74) is 1.30. The molecule has 0 N–H and O–H groups in total. The van der Waals surface area contributed by atoms with Crippen molar-refractivity contribution >= 4 is 0 Å². The third-order valence-corrected chi connectivity index (χ3v) is 5.06. The van der Waals surface area contributed by atoms with Crippen LogP contribution in [0.5, 0.6) is 5.75 Å². The van der Waals surface area contributed by atoms with Gasteiger partial charge < -0.3 is 9.47 Å². The molecule has 1 aromatic rings. The summed E-state index contributed by atoms with van der Waals surface area (Å²) in [5.74, 6) is 1.75. The van der Waals surface area contributed by atoms with Crippen molar-refractivity contribution in [1.29, 1.82) is 0 Å². The molecule has 1 saturated heterocycles. The van der Waals surface area contributed by atoms with Gasteiger partial charge in [0.05, 0.1) is 19.3 Å². The third kappa shape index (κ3) is 6.84. The Labute approximate surface area is 148 Å². The molecule has 2 heteroatoms. The Hall–Kier alpha value is -1.02. The molecule has 1 fully saturated rings. The van der Waals surface area contributed by atoms with Crippen molar-refractivity contribution in [3.8, 4) is 5.75 Å². The fourth-order valence-corrected chi connectivity index (χ4v) is 3.51. The summed E-state index contributed by atoms with van der Waals surface area (Å²) in [6.07, 6.45) is 13.5. The Morgan fingerprint density at radius 3 is 2.33 bits per heavy atom. The minimum atomic E-state index is 0.283. The molecule has 24 heavy (non-hydrogen) atoms. The van der Waals surface area contributed by atoms with Crippen LogP contribution in [0.3, 0.4) is 0 Å². The molecular formula is C22H36O2. The molecular weight excluding hydrogens is 296 g/mol. The van der Waals surface area contributed by atoms with Crippen molar-refractivity contribution < 1.29 is 9.47 Å². The van der Waals surface area contributed by atoms with Crippen molar-refractivity contribution in [1.82, 2.24) is 0 Å². The van der Waals surface area contributed by atoms with E-state index in [1.807, 2.05) is 0 Å². The van der Waals surface area contributed by atoms with Gasteiger partial charge in [-0.05, 0) is 49.3 Å². The van der Waals surface area contributed by atoms with Crippen molar-refractivity contribution in [2.75, 3.05) is 13.2 Å². The first-order chi connectivity index (χ1) is 11.8. The van der Waals surface area contributed by atoms with E-state index in [1.54, 1.807) is 0 Å². The lowest BCUT2D eigenvalue weighted by molar-refractivity contribution is -0.0199. The van der Waals surface area contributed by atoms with Gasteiger partial charge in [0.1, 0.15) is 5.75 Å². The quantitative estimate of drug-likeness (QED) is 0.420. The summed E-state index contributed by atoms with van der Waals surface area (Å²) in [4.78, 5) is 0. The number of hydrogen-bond donors (Lipinski definition) is 0. The first-order valence-electron chi connectivity index (χ1n) is 10.2. The fourth-order valence-electron chi connectivity index (χ4n) is 3.51. The molecule has 2 atom stereocenters. The number of benzene rings is 1. The number of ether oxygens (including phenoxy) is 2. The van der Waals surface area contributed by atoms with Crippen LogP contribution in [0.4, 0.5) is 0 Å². The van der Waals surface area contributed by atoms with Crippen molar-refractivity contribution in [2.24, 2.45) is 5.92 Å². The van der Waals surface area contributed by atoms with Gasteiger partial charge in [-0.1, -0.05) is 64.5 Å². The largest absolute Gasteiger partial charge is 0.494 e. The number of rotatable bonds is 11. The molecule has 136 valence electrons. The summed E-state index contributed by atoms with van der Waals surface area (Å²) in [5, 5.41) is 0. The van der Waals surface area contributed by atoms with Crippen LogP contribution in [0, 0.1) is 5.92 Å². The lowest BCUT2D eigenvalue weighted by atomic mass is 9.91. The van der Waals surface area contributed by atoms with Gasteiger partial charge in [-0.15, -0.1) is 0 Å². The molecule has 0 aliphatic carbocycles. The fraction of sp³-hybridized carbons (Fsp3) is 0.727. The average molecular weight is 333 g/mol. The normalized spacial score (nSPS) is 20.9. The molecule has 2 rings (SSSR count). The Morgan fingerprint density at radius 1 is 0.917 bits per heavy atom. The van der Waals surface area contributed by atoms with E-state index in [-0.39, 0.29) is 6.10 Å². The van der Waals surface area contributed by atoms with Crippen LogP contribution in [0.2, 0.25) is 0 Å². The molecule has 1 heterocycles. The smallest absolute Gasteiger partial charge is 0.119 e. The monoisotopic (exact) mass is 332 g/mol. The van der Waals surface area contributed by atoms with Gasteiger partial charge in [0.2, 0.25) is 0 Å². The van der Waals surface area contributed by atoms with Crippen molar-refractivity contribution in [2.45, 2.75) is 84.2 Å². The molecule has 1 aromatic carbocycles.